The summed E-state index contributed by atoms with van der Waals surface area (Å²) in [6.45, 7) is 0. The van der Waals surface area contributed by atoms with Crippen LogP contribution in [0.5, 0.6) is 0 Å². The average molecular weight is 113 g/mol. The quantitative estimate of drug-likeness (QED) is 0.508. The van der Waals surface area contributed by atoms with Crippen molar-refractivity contribution >= 4 is 0 Å². The first-order chi connectivity index (χ1) is 3.84. The van der Waals surface area contributed by atoms with Crippen molar-refractivity contribution in [1.82, 2.24) is 9.66 Å². The van der Waals surface area contributed by atoms with Crippen molar-refractivity contribution in [3.8, 4) is 0 Å². The molecule has 0 aliphatic heterocycles. The molecule has 1 heterocycles. The SMILES string of the molecule is CNn1cc[nH]c1=O. The first kappa shape index (κ1) is 4.96. The van der Waals surface area contributed by atoms with Crippen LogP contribution in [0, 0.1) is 0 Å². The Morgan fingerprint density at radius 3 is 2.88 bits per heavy atom. The van der Waals surface area contributed by atoms with Gasteiger partial charge in [0.25, 0.3) is 0 Å². The van der Waals surface area contributed by atoms with Gasteiger partial charge in [-0.3, -0.25) is 0 Å². The zero-order chi connectivity index (χ0) is 5.98. The van der Waals surface area contributed by atoms with Crippen molar-refractivity contribution < 1.29 is 0 Å². The Morgan fingerprint density at radius 1 is 1.88 bits per heavy atom. The van der Waals surface area contributed by atoms with Crippen molar-refractivity contribution in [2.45, 2.75) is 0 Å². The molecule has 4 nitrogen and oxygen atoms in total. The predicted molar refractivity (Wildman–Crippen MR) is 30.3 cm³/mol. The zero-order valence-corrected chi connectivity index (χ0v) is 4.51. The lowest BCUT2D eigenvalue weighted by atomic mass is 11.0. The zero-order valence-electron chi connectivity index (χ0n) is 4.51. The smallest absolute Gasteiger partial charge is 0.325 e. The van der Waals surface area contributed by atoms with E-state index in [1.165, 1.54) is 4.68 Å². The molecule has 0 spiro atoms. The van der Waals surface area contributed by atoms with Gasteiger partial charge >= 0.3 is 5.69 Å². The summed E-state index contributed by atoms with van der Waals surface area (Å²) < 4.78 is 1.35. The monoisotopic (exact) mass is 113 g/mol. The minimum absolute atomic E-state index is 0.146. The molecule has 0 unspecified atom stereocenters. The van der Waals surface area contributed by atoms with Gasteiger partial charge in [-0.25, -0.2) is 9.47 Å². The Labute approximate surface area is 46.1 Å². The summed E-state index contributed by atoms with van der Waals surface area (Å²) in [6, 6.07) is 0. The second kappa shape index (κ2) is 1.73. The van der Waals surface area contributed by atoms with Gasteiger partial charge in [-0.1, -0.05) is 0 Å². The molecule has 1 aromatic heterocycles. The van der Waals surface area contributed by atoms with E-state index in [0.29, 0.717) is 0 Å². The Bertz CT molecular complexity index is 211. The molecule has 0 aliphatic carbocycles. The van der Waals surface area contributed by atoms with E-state index in [-0.39, 0.29) is 5.69 Å². The highest BCUT2D eigenvalue weighted by molar-refractivity contribution is 4.78. The minimum atomic E-state index is -0.146. The topological polar surface area (TPSA) is 49.8 Å². The molecule has 8 heavy (non-hydrogen) atoms. The molecule has 0 fully saturated rings. The number of imidazole rings is 1. The number of hydrogen-bond donors (Lipinski definition) is 2. The third-order valence-electron chi connectivity index (χ3n) is 0.890. The van der Waals surface area contributed by atoms with Gasteiger partial charge < -0.3 is 10.4 Å². The molecule has 0 saturated heterocycles. The summed E-state index contributed by atoms with van der Waals surface area (Å²) in [5, 5.41) is 0. The number of aromatic nitrogens is 2. The highest BCUT2D eigenvalue weighted by Crippen LogP contribution is 1.66. The maximum absolute atomic E-state index is 10.5. The normalized spacial score (nSPS) is 9.12. The Balaban J connectivity index is 3.11. The second-order valence-corrected chi connectivity index (χ2v) is 1.36. The molecule has 0 aromatic carbocycles. The van der Waals surface area contributed by atoms with E-state index in [1.54, 1.807) is 19.4 Å². The van der Waals surface area contributed by atoms with Crippen molar-refractivity contribution in [3.63, 3.8) is 0 Å². The summed E-state index contributed by atoms with van der Waals surface area (Å²) in [5.74, 6) is 0. The third kappa shape index (κ3) is 0.598. The van der Waals surface area contributed by atoms with Crippen LogP contribution < -0.4 is 11.1 Å². The largest absolute Gasteiger partial charge is 0.343 e. The molecule has 1 rings (SSSR count). The standard InChI is InChI=1S/C4H7N3O/c1-5-7-3-2-6-4(7)8/h2-3,5H,1H3,(H,6,8). The van der Waals surface area contributed by atoms with E-state index < -0.39 is 0 Å². The number of nitrogens with zero attached hydrogens (tertiary/aromatic N) is 1. The van der Waals surface area contributed by atoms with Crippen LogP contribution in [0.3, 0.4) is 0 Å². The maximum atomic E-state index is 10.5. The summed E-state index contributed by atoms with van der Waals surface area (Å²) in [5.41, 5.74) is 2.50. The lowest BCUT2D eigenvalue weighted by Gasteiger charge is -1.92. The molecule has 0 aliphatic rings. The highest BCUT2D eigenvalue weighted by Gasteiger charge is 1.85. The van der Waals surface area contributed by atoms with Crippen LogP contribution in [0.15, 0.2) is 17.2 Å². The second-order valence-electron chi connectivity index (χ2n) is 1.36. The van der Waals surface area contributed by atoms with Crippen LogP contribution in [0.25, 0.3) is 0 Å². The van der Waals surface area contributed by atoms with Crippen molar-refractivity contribution in [2.24, 2.45) is 0 Å². The average Bonchev–Trinajstić information content (AvgIpc) is 2.14. The fourth-order valence-corrected chi connectivity index (χ4v) is 0.496. The Kier molecular flexibility index (Phi) is 1.07. The number of hydrogen-bond acceptors (Lipinski definition) is 2. The Hall–Kier alpha value is -1.19. The van der Waals surface area contributed by atoms with Crippen molar-refractivity contribution in [1.29, 1.82) is 0 Å². The number of aromatic amines is 1. The lowest BCUT2D eigenvalue weighted by molar-refractivity contribution is 0.874. The molecule has 1 aromatic rings. The first-order valence-electron chi connectivity index (χ1n) is 2.28. The summed E-state index contributed by atoms with van der Waals surface area (Å²) in [6.07, 6.45) is 3.18. The molecular formula is C4H7N3O. The van der Waals surface area contributed by atoms with Gasteiger partial charge in [-0.05, 0) is 0 Å². The fourth-order valence-electron chi connectivity index (χ4n) is 0.496. The fraction of sp³-hybridized carbons (Fsp3) is 0.250. The van der Waals surface area contributed by atoms with Gasteiger partial charge in [0.05, 0.1) is 0 Å². The van der Waals surface area contributed by atoms with Crippen LogP contribution in [-0.4, -0.2) is 16.7 Å². The van der Waals surface area contributed by atoms with Crippen LogP contribution in [-0.2, 0) is 0 Å². The van der Waals surface area contributed by atoms with Crippen molar-refractivity contribution in [2.75, 3.05) is 12.5 Å². The van der Waals surface area contributed by atoms with E-state index in [1.807, 2.05) is 0 Å². The molecule has 0 amide bonds. The Morgan fingerprint density at radius 2 is 2.62 bits per heavy atom. The van der Waals surface area contributed by atoms with E-state index in [2.05, 4.69) is 10.4 Å². The van der Waals surface area contributed by atoms with Crippen molar-refractivity contribution in [3.05, 3.63) is 22.9 Å². The summed E-state index contributed by atoms with van der Waals surface area (Å²) >= 11 is 0. The molecule has 0 bridgehead atoms. The molecule has 4 heteroatoms. The molecule has 0 radical (unpaired) electrons. The molecule has 2 N–H and O–H groups in total. The number of rotatable bonds is 1. The maximum Gasteiger partial charge on any atom is 0.343 e. The summed E-state index contributed by atoms with van der Waals surface area (Å²) in [4.78, 5) is 13.0. The van der Waals surface area contributed by atoms with Crippen LogP contribution >= 0.6 is 0 Å². The number of nitrogens with one attached hydrogen (secondary N) is 2. The van der Waals surface area contributed by atoms with E-state index in [9.17, 15) is 4.79 Å². The lowest BCUT2D eigenvalue weighted by Crippen LogP contribution is -2.22. The minimum Gasteiger partial charge on any atom is -0.325 e. The molecule has 0 atom stereocenters. The van der Waals surface area contributed by atoms with Crippen LogP contribution in [0.1, 0.15) is 0 Å². The molecule has 0 saturated carbocycles. The van der Waals surface area contributed by atoms with Gasteiger partial charge in [0.1, 0.15) is 0 Å². The van der Waals surface area contributed by atoms with Gasteiger partial charge in [0, 0.05) is 19.4 Å². The predicted octanol–water partition coefficient (Wildman–Crippen LogP) is -0.650. The molecular weight excluding hydrogens is 106 g/mol. The molecule has 44 valence electrons. The highest BCUT2D eigenvalue weighted by atomic mass is 16.2. The van der Waals surface area contributed by atoms with Gasteiger partial charge in [0.15, 0.2) is 0 Å². The van der Waals surface area contributed by atoms with E-state index in [4.69, 9.17) is 0 Å². The van der Waals surface area contributed by atoms with E-state index in [0.717, 1.165) is 0 Å². The van der Waals surface area contributed by atoms with E-state index >= 15 is 0 Å². The first-order valence-corrected chi connectivity index (χ1v) is 2.28. The van der Waals surface area contributed by atoms with Crippen LogP contribution in [0.4, 0.5) is 0 Å². The van der Waals surface area contributed by atoms with Gasteiger partial charge in [0.2, 0.25) is 0 Å². The number of H-pyrrole nitrogens is 1. The van der Waals surface area contributed by atoms with Gasteiger partial charge in [-0.15, -0.1) is 0 Å². The summed E-state index contributed by atoms with van der Waals surface area (Å²) in [7, 11) is 1.68. The van der Waals surface area contributed by atoms with Crippen LogP contribution in [0.2, 0.25) is 0 Å². The van der Waals surface area contributed by atoms with Gasteiger partial charge in [-0.2, -0.15) is 0 Å². The third-order valence-corrected chi connectivity index (χ3v) is 0.890.